The Balaban J connectivity index is 2.48. The van der Waals surface area contributed by atoms with Crippen LogP contribution in [-0.4, -0.2) is 32.4 Å². The van der Waals surface area contributed by atoms with E-state index in [1.807, 2.05) is 0 Å². The number of nitrogens with one attached hydrogen (secondary N) is 2. The number of anilines is 1. The van der Waals surface area contributed by atoms with Crippen molar-refractivity contribution in [1.82, 2.24) is 25.3 Å². The quantitative estimate of drug-likeness (QED) is 0.561. The molecule has 0 unspecified atom stereocenters. The standard InChI is InChI=1S/C10H8N6O2/c1-2-3-12-8(17)5-4-13-6-7(14-5)15-10(11)16-9(6)18/h1,4H,3H2,(H,12,17)(H3,11,14,15,16,18). The van der Waals surface area contributed by atoms with Crippen molar-refractivity contribution in [3.63, 3.8) is 0 Å². The Labute approximate surface area is 101 Å². The number of amides is 1. The molecule has 0 aliphatic rings. The molecule has 8 heteroatoms. The second-order valence-corrected chi connectivity index (χ2v) is 3.27. The van der Waals surface area contributed by atoms with E-state index in [0.29, 0.717) is 0 Å². The molecule has 2 aromatic heterocycles. The lowest BCUT2D eigenvalue weighted by Gasteiger charge is -2.01. The fraction of sp³-hybridized carbons (Fsp3) is 0.100. The molecule has 0 aromatic carbocycles. The first-order valence-electron chi connectivity index (χ1n) is 4.86. The van der Waals surface area contributed by atoms with E-state index in [4.69, 9.17) is 12.2 Å². The molecule has 0 aliphatic heterocycles. The SMILES string of the molecule is C#CCNC(=O)c1cnc2c(=O)[nH]c(N)nc2n1. The fourth-order valence-corrected chi connectivity index (χ4v) is 1.27. The van der Waals surface area contributed by atoms with Crippen molar-refractivity contribution >= 4 is 23.0 Å². The van der Waals surface area contributed by atoms with Gasteiger partial charge in [-0.2, -0.15) is 4.98 Å². The van der Waals surface area contributed by atoms with Gasteiger partial charge in [0.15, 0.2) is 11.2 Å². The van der Waals surface area contributed by atoms with Gasteiger partial charge in [-0.15, -0.1) is 6.42 Å². The van der Waals surface area contributed by atoms with Crippen LogP contribution in [0.2, 0.25) is 0 Å². The summed E-state index contributed by atoms with van der Waals surface area (Å²) in [5.41, 5.74) is 4.88. The predicted molar refractivity (Wildman–Crippen MR) is 63.5 cm³/mol. The van der Waals surface area contributed by atoms with E-state index < -0.39 is 11.5 Å². The summed E-state index contributed by atoms with van der Waals surface area (Å²) in [6.45, 7) is 0.0729. The van der Waals surface area contributed by atoms with E-state index in [0.717, 1.165) is 0 Å². The van der Waals surface area contributed by atoms with Crippen molar-refractivity contribution in [2.24, 2.45) is 0 Å². The van der Waals surface area contributed by atoms with Gasteiger partial charge in [0.1, 0.15) is 5.69 Å². The lowest BCUT2D eigenvalue weighted by atomic mass is 10.4. The molecule has 2 heterocycles. The lowest BCUT2D eigenvalue weighted by molar-refractivity contribution is 0.0953. The Morgan fingerprint density at radius 1 is 1.56 bits per heavy atom. The maximum Gasteiger partial charge on any atom is 0.280 e. The van der Waals surface area contributed by atoms with Crippen molar-refractivity contribution in [2.75, 3.05) is 12.3 Å². The first-order valence-corrected chi connectivity index (χ1v) is 4.86. The summed E-state index contributed by atoms with van der Waals surface area (Å²) in [6.07, 6.45) is 6.18. The number of carbonyl (C=O) groups is 1. The van der Waals surface area contributed by atoms with E-state index in [9.17, 15) is 9.59 Å². The molecule has 0 aliphatic carbocycles. The van der Waals surface area contributed by atoms with Gasteiger partial charge >= 0.3 is 0 Å². The van der Waals surface area contributed by atoms with Crippen LogP contribution in [-0.2, 0) is 0 Å². The summed E-state index contributed by atoms with van der Waals surface area (Å²) in [7, 11) is 0. The zero-order valence-electron chi connectivity index (χ0n) is 9.10. The molecule has 0 atom stereocenters. The summed E-state index contributed by atoms with van der Waals surface area (Å²) in [5, 5.41) is 2.42. The fourth-order valence-electron chi connectivity index (χ4n) is 1.27. The maximum atomic E-state index is 11.6. The summed E-state index contributed by atoms with van der Waals surface area (Å²) in [4.78, 5) is 36.8. The van der Waals surface area contributed by atoms with Crippen LogP contribution in [0.25, 0.3) is 11.2 Å². The Morgan fingerprint density at radius 2 is 2.33 bits per heavy atom. The van der Waals surface area contributed by atoms with Crippen LogP contribution in [0.5, 0.6) is 0 Å². The van der Waals surface area contributed by atoms with Gasteiger partial charge in [0.2, 0.25) is 5.95 Å². The molecular weight excluding hydrogens is 236 g/mol. The molecule has 1 amide bonds. The minimum absolute atomic E-state index is 0.00427. The number of fused-ring (bicyclic) bond motifs is 1. The van der Waals surface area contributed by atoms with Crippen LogP contribution in [0.1, 0.15) is 10.5 Å². The van der Waals surface area contributed by atoms with Crippen molar-refractivity contribution < 1.29 is 4.79 Å². The molecule has 8 nitrogen and oxygen atoms in total. The zero-order chi connectivity index (χ0) is 13.1. The van der Waals surface area contributed by atoms with Crippen LogP contribution >= 0.6 is 0 Å². The lowest BCUT2D eigenvalue weighted by Crippen LogP contribution is -2.25. The van der Waals surface area contributed by atoms with E-state index in [-0.39, 0.29) is 29.4 Å². The minimum atomic E-state index is -0.513. The average Bonchev–Trinajstić information content (AvgIpc) is 2.34. The first-order chi connectivity index (χ1) is 8.61. The van der Waals surface area contributed by atoms with Crippen molar-refractivity contribution in [1.29, 1.82) is 0 Å². The number of H-pyrrole nitrogens is 1. The summed E-state index contributed by atoms with van der Waals surface area (Å²) in [6, 6.07) is 0. The molecule has 0 saturated heterocycles. The summed E-state index contributed by atoms with van der Waals surface area (Å²) < 4.78 is 0. The van der Waals surface area contributed by atoms with E-state index in [1.165, 1.54) is 6.20 Å². The third kappa shape index (κ3) is 2.10. The van der Waals surface area contributed by atoms with Crippen LogP contribution in [0.15, 0.2) is 11.0 Å². The van der Waals surface area contributed by atoms with Crippen molar-refractivity contribution in [2.45, 2.75) is 0 Å². The number of nitrogens with zero attached hydrogens (tertiary/aromatic N) is 3. The molecule has 2 aromatic rings. The highest BCUT2D eigenvalue weighted by atomic mass is 16.2. The van der Waals surface area contributed by atoms with Gasteiger partial charge in [-0.05, 0) is 0 Å². The highest BCUT2D eigenvalue weighted by Crippen LogP contribution is 2.02. The second-order valence-electron chi connectivity index (χ2n) is 3.27. The average molecular weight is 244 g/mol. The third-order valence-corrected chi connectivity index (χ3v) is 2.02. The minimum Gasteiger partial charge on any atom is -0.369 e. The summed E-state index contributed by atoms with van der Waals surface area (Å²) >= 11 is 0. The maximum absolute atomic E-state index is 11.6. The van der Waals surface area contributed by atoms with Gasteiger partial charge in [-0.3, -0.25) is 14.6 Å². The molecule has 0 spiro atoms. The largest absolute Gasteiger partial charge is 0.369 e. The van der Waals surface area contributed by atoms with Crippen LogP contribution in [0.3, 0.4) is 0 Å². The number of hydrogen-bond acceptors (Lipinski definition) is 6. The number of hydrogen-bond donors (Lipinski definition) is 3. The first kappa shape index (κ1) is 11.5. The molecule has 18 heavy (non-hydrogen) atoms. The van der Waals surface area contributed by atoms with Crippen molar-refractivity contribution in [3.05, 3.63) is 22.2 Å². The summed E-state index contributed by atoms with van der Waals surface area (Å²) in [5.74, 6) is 1.66. The number of aromatic nitrogens is 4. The van der Waals surface area contributed by atoms with Gasteiger partial charge in [0, 0.05) is 0 Å². The molecule has 4 N–H and O–H groups in total. The van der Waals surface area contributed by atoms with Gasteiger partial charge in [0.05, 0.1) is 12.7 Å². The van der Waals surface area contributed by atoms with E-state index in [2.05, 4.69) is 31.2 Å². The number of carbonyl (C=O) groups excluding carboxylic acids is 1. The molecule has 0 bridgehead atoms. The van der Waals surface area contributed by atoms with Crippen LogP contribution in [0.4, 0.5) is 5.95 Å². The van der Waals surface area contributed by atoms with Crippen molar-refractivity contribution in [3.8, 4) is 12.3 Å². The number of nitrogens with two attached hydrogens (primary N) is 1. The Hall–Kier alpha value is -2.95. The van der Waals surface area contributed by atoms with Gasteiger partial charge in [0.25, 0.3) is 11.5 Å². The molecular formula is C10H8N6O2. The predicted octanol–water partition coefficient (Wildman–Crippen LogP) is -1.34. The Kier molecular flexibility index (Phi) is 2.89. The number of terminal acetylenes is 1. The molecule has 2 rings (SSSR count). The van der Waals surface area contributed by atoms with E-state index in [1.54, 1.807) is 0 Å². The number of nitrogen functional groups attached to an aromatic ring is 1. The van der Waals surface area contributed by atoms with Crippen LogP contribution < -0.4 is 16.6 Å². The van der Waals surface area contributed by atoms with Crippen LogP contribution in [0, 0.1) is 12.3 Å². The Bertz CT molecular complexity index is 714. The topological polar surface area (TPSA) is 127 Å². The molecule has 0 fully saturated rings. The zero-order valence-corrected chi connectivity index (χ0v) is 9.10. The van der Waals surface area contributed by atoms with Gasteiger partial charge in [-0.1, -0.05) is 5.92 Å². The smallest absolute Gasteiger partial charge is 0.280 e. The highest BCUT2D eigenvalue weighted by Gasteiger charge is 2.11. The molecule has 0 saturated carbocycles. The highest BCUT2D eigenvalue weighted by molar-refractivity contribution is 5.93. The monoisotopic (exact) mass is 244 g/mol. The third-order valence-electron chi connectivity index (χ3n) is 2.02. The van der Waals surface area contributed by atoms with Gasteiger partial charge < -0.3 is 11.1 Å². The number of rotatable bonds is 2. The van der Waals surface area contributed by atoms with Gasteiger partial charge in [-0.25, -0.2) is 9.97 Å². The number of aromatic amines is 1. The second kappa shape index (κ2) is 4.50. The normalized spacial score (nSPS) is 9.94. The Morgan fingerprint density at radius 3 is 3.06 bits per heavy atom. The van der Waals surface area contributed by atoms with E-state index >= 15 is 0 Å². The molecule has 90 valence electrons. The molecule has 0 radical (unpaired) electrons.